The van der Waals surface area contributed by atoms with Crippen LogP contribution in [-0.2, 0) is 14.6 Å². The van der Waals surface area contributed by atoms with Crippen molar-refractivity contribution < 1.29 is 13.2 Å². The molecule has 4 nitrogen and oxygen atoms in total. The Kier molecular flexibility index (Phi) is 2.89. The van der Waals surface area contributed by atoms with Gasteiger partial charge in [0.25, 0.3) is 0 Å². The monoisotopic (exact) mass is 279 g/mol. The number of carbonyl (C=O) groups excluding carboxylic acids is 1. The van der Waals surface area contributed by atoms with Crippen LogP contribution >= 0.6 is 0 Å². The number of nitrogens with zero attached hydrogens (tertiary/aromatic N) is 1. The van der Waals surface area contributed by atoms with Gasteiger partial charge in [-0.25, -0.2) is 8.42 Å². The van der Waals surface area contributed by atoms with Crippen molar-refractivity contribution in [3.8, 4) is 0 Å². The van der Waals surface area contributed by atoms with Gasteiger partial charge in [-0.15, -0.1) is 0 Å². The highest BCUT2D eigenvalue weighted by Gasteiger charge is 2.38. The zero-order valence-corrected chi connectivity index (χ0v) is 11.7. The quantitative estimate of drug-likeness (QED) is 0.784. The van der Waals surface area contributed by atoms with Crippen molar-refractivity contribution in [3.63, 3.8) is 0 Å². The maximum atomic E-state index is 12.5. The van der Waals surface area contributed by atoms with Crippen LogP contribution in [0, 0.1) is 5.92 Å². The van der Waals surface area contributed by atoms with E-state index in [0.29, 0.717) is 18.9 Å². The van der Waals surface area contributed by atoms with Crippen molar-refractivity contribution in [2.24, 2.45) is 5.92 Å². The van der Waals surface area contributed by atoms with E-state index in [1.807, 2.05) is 24.3 Å². The van der Waals surface area contributed by atoms with Gasteiger partial charge in [-0.1, -0.05) is 25.1 Å². The fraction of sp³-hybridized carbons (Fsp3) is 0.500. The van der Waals surface area contributed by atoms with Gasteiger partial charge in [0.1, 0.15) is 0 Å². The van der Waals surface area contributed by atoms with E-state index in [9.17, 15) is 13.2 Å². The van der Waals surface area contributed by atoms with E-state index in [0.717, 1.165) is 5.69 Å². The van der Waals surface area contributed by atoms with Crippen LogP contribution in [0.3, 0.4) is 0 Å². The Balaban J connectivity index is 1.87. The molecular formula is C14H17NO3S. The first-order valence-corrected chi connectivity index (χ1v) is 8.41. The Morgan fingerprint density at radius 3 is 2.74 bits per heavy atom. The minimum absolute atomic E-state index is 0.0128. The van der Waals surface area contributed by atoms with Crippen molar-refractivity contribution in [2.75, 3.05) is 23.0 Å². The fourth-order valence-corrected chi connectivity index (χ4v) is 4.77. The summed E-state index contributed by atoms with van der Waals surface area (Å²) in [5.41, 5.74) is 2.13. The van der Waals surface area contributed by atoms with Gasteiger partial charge in [0.2, 0.25) is 5.91 Å². The third-order valence-electron chi connectivity index (χ3n) is 4.06. The Labute approximate surface area is 113 Å². The second-order valence-electron chi connectivity index (χ2n) is 5.51. The lowest BCUT2D eigenvalue weighted by Crippen LogP contribution is -2.35. The summed E-state index contributed by atoms with van der Waals surface area (Å²) in [6.07, 6.45) is 0.466. The van der Waals surface area contributed by atoms with Crippen LogP contribution in [0.1, 0.15) is 24.8 Å². The molecule has 3 rings (SSSR count). The zero-order chi connectivity index (χ0) is 13.6. The first-order valence-electron chi connectivity index (χ1n) is 6.59. The molecule has 0 unspecified atom stereocenters. The van der Waals surface area contributed by atoms with Gasteiger partial charge in [-0.05, 0) is 18.1 Å². The average molecular weight is 279 g/mol. The van der Waals surface area contributed by atoms with Crippen LogP contribution in [0.25, 0.3) is 0 Å². The molecule has 19 heavy (non-hydrogen) atoms. The summed E-state index contributed by atoms with van der Waals surface area (Å²) in [6.45, 7) is 2.76. The molecule has 2 heterocycles. The van der Waals surface area contributed by atoms with Gasteiger partial charge in [-0.3, -0.25) is 4.79 Å². The zero-order valence-electron chi connectivity index (χ0n) is 10.9. The molecule has 2 aliphatic rings. The topological polar surface area (TPSA) is 54.5 Å². The van der Waals surface area contributed by atoms with Crippen LogP contribution in [0.4, 0.5) is 5.69 Å². The van der Waals surface area contributed by atoms with Gasteiger partial charge < -0.3 is 4.90 Å². The van der Waals surface area contributed by atoms with Crippen LogP contribution in [0.5, 0.6) is 0 Å². The maximum Gasteiger partial charge on any atom is 0.231 e. The number of fused-ring (bicyclic) bond motifs is 1. The summed E-state index contributed by atoms with van der Waals surface area (Å²) in [7, 11) is -3.01. The number of amides is 1. The van der Waals surface area contributed by atoms with Crippen molar-refractivity contribution in [3.05, 3.63) is 29.8 Å². The van der Waals surface area contributed by atoms with E-state index in [1.165, 1.54) is 5.56 Å². The number of benzene rings is 1. The van der Waals surface area contributed by atoms with Crippen molar-refractivity contribution in [2.45, 2.75) is 19.3 Å². The Morgan fingerprint density at radius 2 is 2.05 bits per heavy atom. The second-order valence-corrected chi connectivity index (χ2v) is 7.74. The van der Waals surface area contributed by atoms with Gasteiger partial charge in [-0.2, -0.15) is 0 Å². The molecule has 1 fully saturated rings. The fourth-order valence-electron chi connectivity index (χ4n) is 3.04. The van der Waals surface area contributed by atoms with Crippen LogP contribution in [0.15, 0.2) is 24.3 Å². The Bertz CT molecular complexity index is 623. The van der Waals surface area contributed by atoms with E-state index in [4.69, 9.17) is 0 Å². The summed E-state index contributed by atoms with van der Waals surface area (Å²) >= 11 is 0. The molecular weight excluding hydrogens is 262 g/mol. The van der Waals surface area contributed by atoms with Crippen molar-refractivity contribution in [1.29, 1.82) is 0 Å². The minimum atomic E-state index is -3.01. The first kappa shape index (κ1) is 12.7. The average Bonchev–Trinajstić information content (AvgIpc) is 2.90. The van der Waals surface area contributed by atoms with E-state index in [1.54, 1.807) is 4.90 Å². The number of rotatable bonds is 1. The predicted molar refractivity (Wildman–Crippen MR) is 74.0 cm³/mol. The number of sulfone groups is 1. The molecule has 0 saturated carbocycles. The number of carbonyl (C=O) groups is 1. The van der Waals surface area contributed by atoms with Crippen LogP contribution < -0.4 is 4.90 Å². The highest BCUT2D eigenvalue weighted by Crippen LogP contribution is 2.37. The normalized spacial score (nSPS) is 28.4. The number of hydrogen-bond acceptors (Lipinski definition) is 3. The van der Waals surface area contributed by atoms with E-state index in [-0.39, 0.29) is 23.3 Å². The molecule has 0 radical (unpaired) electrons. The molecule has 2 atom stereocenters. The molecule has 0 bridgehead atoms. The lowest BCUT2D eigenvalue weighted by molar-refractivity contribution is -0.121. The molecule has 0 spiro atoms. The largest absolute Gasteiger partial charge is 0.311 e. The molecule has 2 aliphatic heterocycles. The lowest BCUT2D eigenvalue weighted by atomic mass is 10.0. The molecule has 102 valence electrons. The predicted octanol–water partition coefficient (Wildman–Crippen LogP) is 1.57. The highest BCUT2D eigenvalue weighted by molar-refractivity contribution is 7.91. The molecule has 0 aliphatic carbocycles. The maximum absolute atomic E-state index is 12.5. The van der Waals surface area contributed by atoms with E-state index < -0.39 is 9.84 Å². The smallest absolute Gasteiger partial charge is 0.231 e. The Morgan fingerprint density at radius 1 is 1.32 bits per heavy atom. The SMILES string of the molecule is C[C@@H]1CN(C(=O)[C@H]2CCS(=O)(=O)C2)c2ccccc21. The first-order chi connectivity index (χ1) is 8.98. The number of hydrogen-bond donors (Lipinski definition) is 0. The molecule has 1 amide bonds. The number of para-hydroxylation sites is 1. The van der Waals surface area contributed by atoms with Gasteiger partial charge in [0.15, 0.2) is 9.84 Å². The summed E-state index contributed by atoms with van der Waals surface area (Å²) in [4.78, 5) is 14.3. The molecule has 0 aromatic heterocycles. The summed E-state index contributed by atoms with van der Waals surface area (Å²) in [5.74, 6) is 0.0900. The molecule has 0 N–H and O–H groups in total. The van der Waals surface area contributed by atoms with Gasteiger partial charge in [0.05, 0.1) is 17.4 Å². The van der Waals surface area contributed by atoms with Gasteiger partial charge >= 0.3 is 0 Å². The Hall–Kier alpha value is -1.36. The molecule has 1 saturated heterocycles. The highest BCUT2D eigenvalue weighted by atomic mass is 32.2. The third-order valence-corrected chi connectivity index (χ3v) is 5.83. The second kappa shape index (κ2) is 4.34. The van der Waals surface area contributed by atoms with E-state index >= 15 is 0 Å². The standard InChI is InChI=1S/C14H17NO3S/c1-10-8-15(13-5-3-2-4-12(10)13)14(16)11-6-7-19(17,18)9-11/h2-5,10-11H,6-9H2,1H3/t10-,11+/m1/s1. The molecule has 1 aromatic carbocycles. The van der Waals surface area contributed by atoms with Crippen molar-refractivity contribution >= 4 is 21.4 Å². The third kappa shape index (κ3) is 2.16. The van der Waals surface area contributed by atoms with Crippen LogP contribution in [0.2, 0.25) is 0 Å². The molecule has 1 aromatic rings. The summed E-state index contributed by atoms with van der Waals surface area (Å²) in [6, 6.07) is 7.88. The van der Waals surface area contributed by atoms with Crippen molar-refractivity contribution in [1.82, 2.24) is 0 Å². The van der Waals surface area contributed by atoms with E-state index in [2.05, 4.69) is 6.92 Å². The lowest BCUT2D eigenvalue weighted by Gasteiger charge is -2.20. The van der Waals surface area contributed by atoms with Gasteiger partial charge in [0, 0.05) is 18.2 Å². The summed E-state index contributed by atoms with van der Waals surface area (Å²) in [5, 5.41) is 0. The molecule has 5 heteroatoms. The van der Waals surface area contributed by atoms with Crippen LogP contribution in [-0.4, -0.2) is 32.4 Å². The summed E-state index contributed by atoms with van der Waals surface area (Å²) < 4.78 is 23.0. The number of anilines is 1. The minimum Gasteiger partial charge on any atom is -0.311 e.